The number of aliphatic imine (C=N–C) groups is 1. The van der Waals surface area contributed by atoms with Gasteiger partial charge < -0.3 is 15.5 Å². The molecule has 1 fully saturated rings. The molecule has 1 atom stereocenters. The summed E-state index contributed by atoms with van der Waals surface area (Å²) in [7, 11) is 4.00. The molecule has 0 bridgehead atoms. The summed E-state index contributed by atoms with van der Waals surface area (Å²) in [4.78, 5) is 14.8. The van der Waals surface area contributed by atoms with Gasteiger partial charge in [-0.25, -0.2) is 4.98 Å². The Kier molecular flexibility index (Phi) is 9.33. The fraction of sp³-hybridized carbons (Fsp3) is 0.733. The third-order valence-corrected chi connectivity index (χ3v) is 4.94. The first kappa shape index (κ1) is 20.6. The van der Waals surface area contributed by atoms with E-state index >= 15 is 0 Å². The SMILES string of the molecule is CN=C(NCc1ncc(C)s1)NCC(C)N1CCN(C)CC1.I. The van der Waals surface area contributed by atoms with Crippen LogP contribution in [-0.4, -0.2) is 73.6 Å². The number of nitrogens with one attached hydrogen (secondary N) is 2. The third kappa shape index (κ3) is 6.90. The zero-order chi connectivity index (χ0) is 15.9. The number of rotatable bonds is 5. The average Bonchev–Trinajstić information content (AvgIpc) is 2.93. The van der Waals surface area contributed by atoms with E-state index in [1.807, 2.05) is 13.2 Å². The molecule has 2 rings (SSSR count). The molecule has 0 radical (unpaired) electrons. The maximum atomic E-state index is 4.36. The molecular weight excluding hydrogens is 423 g/mol. The molecule has 6 nitrogen and oxygen atoms in total. The summed E-state index contributed by atoms with van der Waals surface area (Å²) < 4.78 is 0. The quantitative estimate of drug-likeness (QED) is 0.402. The normalized spacial score (nSPS) is 18.3. The minimum absolute atomic E-state index is 0. The topological polar surface area (TPSA) is 55.8 Å². The number of halogens is 1. The third-order valence-electron chi connectivity index (χ3n) is 4.03. The van der Waals surface area contributed by atoms with Crippen LogP contribution in [0, 0.1) is 6.92 Å². The lowest BCUT2D eigenvalue weighted by molar-refractivity contribution is 0.120. The van der Waals surface area contributed by atoms with Crippen LogP contribution in [-0.2, 0) is 6.54 Å². The summed E-state index contributed by atoms with van der Waals surface area (Å²) in [5.41, 5.74) is 0. The van der Waals surface area contributed by atoms with Gasteiger partial charge in [0.1, 0.15) is 5.01 Å². The van der Waals surface area contributed by atoms with Crippen molar-refractivity contribution in [1.82, 2.24) is 25.4 Å². The van der Waals surface area contributed by atoms with Crippen LogP contribution in [0.5, 0.6) is 0 Å². The molecule has 0 spiro atoms. The Morgan fingerprint density at radius 3 is 2.61 bits per heavy atom. The number of likely N-dealkylation sites (N-methyl/N-ethyl adjacent to an activating group) is 1. The van der Waals surface area contributed by atoms with E-state index in [9.17, 15) is 0 Å². The van der Waals surface area contributed by atoms with Crippen LogP contribution in [0.1, 0.15) is 16.8 Å². The van der Waals surface area contributed by atoms with Gasteiger partial charge in [0.2, 0.25) is 0 Å². The number of thiazole rings is 1. The molecule has 1 saturated heterocycles. The predicted octanol–water partition coefficient (Wildman–Crippen LogP) is 1.37. The van der Waals surface area contributed by atoms with Crippen LogP contribution in [0.15, 0.2) is 11.2 Å². The molecule has 1 aliphatic heterocycles. The van der Waals surface area contributed by atoms with Gasteiger partial charge in [-0.3, -0.25) is 9.89 Å². The van der Waals surface area contributed by atoms with Gasteiger partial charge in [0.25, 0.3) is 0 Å². The molecule has 132 valence electrons. The van der Waals surface area contributed by atoms with E-state index in [0.717, 1.165) is 50.2 Å². The van der Waals surface area contributed by atoms with Crippen molar-refractivity contribution in [2.45, 2.75) is 26.4 Å². The van der Waals surface area contributed by atoms with Crippen LogP contribution >= 0.6 is 35.3 Å². The Labute approximate surface area is 160 Å². The first-order chi connectivity index (χ1) is 10.6. The van der Waals surface area contributed by atoms with Gasteiger partial charge in [0.15, 0.2) is 5.96 Å². The van der Waals surface area contributed by atoms with Gasteiger partial charge in [-0.1, -0.05) is 0 Å². The molecule has 1 aliphatic rings. The lowest BCUT2D eigenvalue weighted by atomic mass is 10.2. The lowest BCUT2D eigenvalue weighted by Crippen LogP contribution is -2.52. The largest absolute Gasteiger partial charge is 0.355 e. The van der Waals surface area contributed by atoms with Crippen molar-refractivity contribution in [3.05, 3.63) is 16.1 Å². The molecule has 1 unspecified atom stereocenters. The van der Waals surface area contributed by atoms with E-state index in [-0.39, 0.29) is 24.0 Å². The number of hydrogen-bond donors (Lipinski definition) is 2. The Morgan fingerprint density at radius 1 is 1.35 bits per heavy atom. The van der Waals surface area contributed by atoms with Gasteiger partial charge in [0, 0.05) is 56.9 Å². The Bertz CT molecular complexity index is 484. The Hall–Kier alpha value is -0.450. The zero-order valence-corrected chi connectivity index (χ0v) is 17.6. The van der Waals surface area contributed by atoms with E-state index < -0.39 is 0 Å². The second-order valence-electron chi connectivity index (χ2n) is 5.86. The first-order valence-electron chi connectivity index (χ1n) is 7.87. The van der Waals surface area contributed by atoms with Crippen LogP contribution in [0.2, 0.25) is 0 Å². The molecule has 0 aromatic carbocycles. The number of guanidine groups is 1. The molecule has 1 aromatic heterocycles. The zero-order valence-electron chi connectivity index (χ0n) is 14.5. The van der Waals surface area contributed by atoms with Gasteiger partial charge >= 0.3 is 0 Å². The number of hydrogen-bond acceptors (Lipinski definition) is 5. The molecule has 0 saturated carbocycles. The predicted molar refractivity (Wildman–Crippen MR) is 109 cm³/mol. The van der Waals surface area contributed by atoms with E-state index in [0.29, 0.717) is 6.04 Å². The number of piperazine rings is 1. The second-order valence-corrected chi connectivity index (χ2v) is 7.18. The van der Waals surface area contributed by atoms with Crippen molar-refractivity contribution in [2.75, 3.05) is 46.8 Å². The van der Waals surface area contributed by atoms with Crippen LogP contribution in [0.4, 0.5) is 0 Å². The highest BCUT2D eigenvalue weighted by Crippen LogP contribution is 2.10. The minimum atomic E-state index is 0. The van der Waals surface area contributed by atoms with Crippen molar-refractivity contribution in [3.63, 3.8) is 0 Å². The smallest absolute Gasteiger partial charge is 0.191 e. The van der Waals surface area contributed by atoms with Gasteiger partial charge in [-0.05, 0) is 20.9 Å². The molecule has 2 heterocycles. The van der Waals surface area contributed by atoms with Crippen molar-refractivity contribution in [1.29, 1.82) is 0 Å². The molecule has 1 aromatic rings. The first-order valence-corrected chi connectivity index (χ1v) is 8.68. The van der Waals surface area contributed by atoms with E-state index in [1.165, 1.54) is 4.88 Å². The van der Waals surface area contributed by atoms with Crippen molar-refractivity contribution in [2.24, 2.45) is 4.99 Å². The second kappa shape index (κ2) is 10.4. The number of aromatic nitrogens is 1. The average molecular weight is 452 g/mol. The summed E-state index contributed by atoms with van der Waals surface area (Å²) in [5, 5.41) is 7.83. The highest BCUT2D eigenvalue weighted by atomic mass is 127. The Morgan fingerprint density at radius 2 is 2.04 bits per heavy atom. The standard InChI is InChI=1S/C15H28N6S.HI/c1-12(21-7-5-20(4)6-8-21)9-18-15(16-3)19-11-14-17-10-13(2)22-14;/h10,12H,5-9,11H2,1-4H3,(H2,16,18,19);1H. The van der Waals surface area contributed by atoms with E-state index in [1.54, 1.807) is 11.3 Å². The fourth-order valence-corrected chi connectivity index (χ4v) is 3.23. The summed E-state index contributed by atoms with van der Waals surface area (Å²) >= 11 is 1.72. The summed E-state index contributed by atoms with van der Waals surface area (Å²) in [5.74, 6) is 0.842. The highest BCUT2D eigenvalue weighted by molar-refractivity contribution is 14.0. The van der Waals surface area contributed by atoms with Crippen LogP contribution in [0.25, 0.3) is 0 Å². The van der Waals surface area contributed by atoms with Crippen molar-refractivity contribution >= 4 is 41.3 Å². The maximum Gasteiger partial charge on any atom is 0.191 e. The van der Waals surface area contributed by atoms with Gasteiger partial charge in [-0.2, -0.15) is 0 Å². The highest BCUT2D eigenvalue weighted by Gasteiger charge is 2.19. The van der Waals surface area contributed by atoms with Crippen molar-refractivity contribution in [3.8, 4) is 0 Å². The summed E-state index contributed by atoms with van der Waals surface area (Å²) in [6, 6.07) is 0.509. The van der Waals surface area contributed by atoms with Crippen molar-refractivity contribution < 1.29 is 0 Å². The fourth-order valence-electron chi connectivity index (χ4n) is 2.50. The summed E-state index contributed by atoms with van der Waals surface area (Å²) in [6.07, 6.45) is 1.91. The Balaban J connectivity index is 0.00000264. The van der Waals surface area contributed by atoms with Gasteiger partial charge in [-0.15, -0.1) is 35.3 Å². The molecule has 0 aliphatic carbocycles. The van der Waals surface area contributed by atoms with E-state index in [2.05, 4.69) is 51.3 Å². The van der Waals surface area contributed by atoms with Crippen LogP contribution in [0.3, 0.4) is 0 Å². The van der Waals surface area contributed by atoms with E-state index in [4.69, 9.17) is 0 Å². The molecule has 2 N–H and O–H groups in total. The minimum Gasteiger partial charge on any atom is -0.355 e. The lowest BCUT2D eigenvalue weighted by Gasteiger charge is -2.36. The summed E-state index contributed by atoms with van der Waals surface area (Å²) in [6.45, 7) is 10.6. The number of nitrogens with zero attached hydrogens (tertiary/aromatic N) is 4. The van der Waals surface area contributed by atoms with Gasteiger partial charge in [0.05, 0.1) is 6.54 Å². The molecule has 0 amide bonds. The van der Waals surface area contributed by atoms with Crippen LogP contribution < -0.4 is 10.6 Å². The monoisotopic (exact) mass is 452 g/mol. The maximum absolute atomic E-state index is 4.36. The molecule has 8 heteroatoms. The number of aryl methyl sites for hydroxylation is 1. The molecular formula is C15H29IN6S. The molecule has 23 heavy (non-hydrogen) atoms.